The number of ether oxygens (including phenoxy) is 1. The van der Waals surface area contributed by atoms with E-state index < -0.39 is 11.7 Å². The van der Waals surface area contributed by atoms with E-state index in [0.29, 0.717) is 0 Å². The van der Waals surface area contributed by atoms with Crippen molar-refractivity contribution in [1.29, 1.82) is 0 Å². The number of carbonyl (C=O) groups excluding carboxylic acids is 1. The molecule has 0 unspecified atom stereocenters. The Hall–Kier alpha value is -2.01. The van der Waals surface area contributed by atoms with Crippen molar-refractivity contribution in [3.05, 3.63) is 42.5 Å². The highest BCUT2D eigenvalue weighted by Crippen LogP contribution is 2.10. The van der Waals surface area contributed by atoms with Crippen LogP contribution in [-0.2, 0) is 11.3 Å². The zero-order valence-electron chi connectivity index (χ0n) is 12.3. The molecule has 3 N–H and O–H groups in total. The van der Waals surface area contributed by atoms with E-state index in [4.69, 9.17) is 4.74 Å². The molecule has 1 aromatic carbocycles. The summed E-state index contributed by atoms with van der Waals surface area (Å²) >= 11 is 0. The zero-order valence-corrected chi connectivity index (χ0v) is 12.3. The van der Waals surface area contributed by atoms with Crippen LogP contribution in [0.15, 0.2) is 36.9 Å². The fourth-order valence-electron chi connectivity index (χ4n) is 1.50. The Balaban J connectivity index is 2.45. The molecule has 0 aliphatic heterocycles. The number of nitrogens with one attached hydrogen (secondary N) is 3. The van der Waals surface area contributed by atoms with Gasteiger partial charge in [-0.25, -0.2) is 10.2 Å². The minimum atomic E-state index is -0.512. The van der Waals surface area contributed by atoms with E-state index in [9.17, 15) is 4.79 Å². The number of rotatable bonds is 6. The average molecular weight is 277 g/mol. The van der Waals surface area contributed by atoms with Crippen molar-refractivity contribution < 1.29 is 9.53 Å². The molecule has 0 bridgehead atoms. The number of carbonyl (C=O) groups is 1. The number of hydrogen-bond acceptors (Lipinski definition) is 4. The van der Waals surface area contributed by atoms with Gasteiger partial charge in [-0.2, -0.15) is 0 Å². The summed E-state index contributed by atoms with van der Waals surface area (Å²) in [6.45, 7) is 10.6. The van der Waals surface area contributed by atoms with E-state index in [-0.39, 0.29) is 0 Å². The van der Waals surface area contributed by atoms with Gasteiger partial charge in [-0.1, -0.05) is 18.2 Å². The normalized spacial score (nSPS) is 10.8. The average Bonchev–Trinajstić information content (AvgIpc) is 2.35. The fraction of sp³-hybridized carbons (Fsp3) is 0.400. The summed E-state index contributed by atoms with van der Waals surface area (Å²) in [5.41, 5.74) is 6.73. The van der Waals surface area contributed by atoms with Gasteiger partial charge in [0.05, 0.1) is 5.69 Å². The van der Waals surface area contributed by atoms with E-state index in [1.807, 2.05) is 51.1 Å². The zero-order chi connectivity index (χ0) is 15.0. The molecule has 5 nitrogen and oxygen atoms in total. The minimum absolute atomic E-state index is 0.507. The Labute approximate surface area is 120 Å². The highest BCUT2D eigenvalue weighted by Gasteiger charge is 2.15. The van der Waals surface area contributed by atoms with Gasteiger partial charge in [0.2, 0.25) is 0 Å². The van der Waals surface area contributed by atoms with E-state index in [1.165, 1.54) is 0 Å². The highest BCUT2D eigenvalue weighted by atomic mass is 16.6. The molecule has 0 aliphatic carbocycles. The molecule has 0 aliphatic rings. The maximum absolute atomic E-state index is 11.5. The predicted octanol–water partition coefficient (Wildman–Crippen LogP) is 2.81. The van der Waals surface area contributed by atoms with Crippen LogP contribution in [0.3, 0.4) is 0 Å². The Kier molecular flexibility index (Phi) is 6.06. The van der Waals surface area contributed by atoms with Crippen LogP contribution in [0.4, 0.5) is 10.5 Å². The van der Waals surface area contributed by atoms with Crippen LogP contribution in [0, 0.1) is 0 Å². The first-order chi connectivity index (χ1) is 9.40. The van der Waals surface area contributed by atoms with Crippen molar-refractivity contribution in [3.8, 4) is 0 Å². The van der Waals surface area contributed by atoms with Crippen molar-refractivity contribution in [3.63, 3.8) is 0 Å². The molecule has 0 aromatic heterocycles. The van der Waals surface area contributed by atoms with Crippen molar-refractivity contribution in [2.24, 2.45) is 0 Å². The molecule has 1 amide bonds. The smallest absolute Gasteiger partial charge is 0.426 e. The molecule has 0 heterocycles. The molecule has 0 saturated carbocycles. The van der Waals surface area contributed by atoms with E-state index in [0.717, 1.165) is 24.3 Å². The SMILES string of the molecule is C=CCNCc1cccc(NNC(=O)OC(C)(C)C)c1. The van der Waals surface area contributed by atoms with Gasteiger partial charge in [0.15, 0.2) is 0 Å². The first-order valence-electron chi connectivity index (χ1n) is 6.56. The molecule has 0 saturated heterocycles. The summed E-state index contributed by atoms with van der Waals surface area (Å²) in [6, 6.07) is 7.75. The number of hydrogen-bond donors (Lipinski definition) is 3. The maximum Gasteiger partial charge on any atom is 0.426 e. The third-order valence-corrected chi connectivity index (χ3v) is 2.25. The Morgan fingerprint density at radius 1 is 1.40 bits per heavy atom. The lowest BCUT2D eigenvalue weighted by Gasteiger charge is -2.20. The Morgan fingerprint density at radius 3 is 2.80 bits per heavy atom. The first-order valence-corrected chi connectivity index (χ1v) is 6.56. The van der Waals surface area contributed by atoms with Gasteiger partial charge in [-0.3, -0.25) is 5.43 Å². The molecule has 0 radical (unpaired) electrons. The summed E-state index contributed by atoms with van der Waals surface area (Å²) in [5.74, 6) is 0. The number of amides is 1. The van der Waals surface area contributed by atoms with Crippen LogP contribution in [0.25, 0.3) is 0 Å². The number of benzene rings is 1. The molecule has 5 heteroatoms. The fourth-order valence-corrected chi connectivity index (χ4v) is 1.50. The number of anilines is 1. The summed E-state index contributed by atoms with van der Waals surface area (Å²) in [4.78, 5) is 11.5. The lowest BCUT2D eigenvalue weighted by molar-refractivity contribution is 0.0541. The van der Waals surface area contributed by atoms with Crippen LogP contribution >= 0.6 is 0 Å². The topological polar surface area (TPSA) is 62.4 Å². The molecule has 0 spiro atoms. The second-order valence-electron chi connectivity index (χ2n) is 5.37. The van der Waals surface area contributed by atoms with Crippen LogP contribution in [0.1, 0.15) is 26.3 Å². The van der Waals surface area contributed by atoms with Gasteiger partial charge in [0.25, 0.3) is 0 Å². The molecule has 0 fully saturated rings. The molecule has 20 heavy (non-hydrogen) atoms. The van der Waals surface area contributed by atoms with Crippen molar-refractivity contribution in [2.45, 2.75) is 32.9 Å². The molecule has 110 valence electrons. The molecule has 0 atom stereocenters. The summed E-state index contributed by atoms with van der Waals surface area (Å²) in [7, 11) is 0. The van der Waals surface area contributed by atoms with E-state index in [2.05, 4.69) is 22.7 Å². The summed E-state index contributed by atoms with van der Waals surface area (Å²) < 4.78 is 5.13. The predicted molar refractivity (Wildman–Crippen MR) is 81.3 cm³/mol. The van der Waals surface area contributed by atoms with Crippen molar-refractivity contribution in [1.82, 2.24) is 10.7 Å². The highest BCUT2D eigenvalue weighted by molar-refractivity contribution is 5.69. The van der Waals surface area contributed by atoms with Crippen LogP contribution in [0.2, 0.25) is 0 Å². The third-order valence-electron chi connectivity index (χ3n) is 2.25. The van der Waals surface area contributed by atoms with Gasteiger partial charge < -0.3 is 10.1 Å². The molecular weight excluding hydrogens is 254 g/mol. The first kappa shape index (κ1) is 16.0. The van der Waals surface area contributed by atoms with E-state index >= 15 is 0 Å². The summed E-state index contributed by atoms with van der Waals surface area (Å²) in [5, 5.41) is 3.22. The third kappa shape index (κ3) is 6.80. The van der Waals surface area contributed by atoms with Crippen molar-refractivity contribution in [2.75, 3.05) is 12.0 Å². The lowest BCUT2D eigenvalue weighted by Crippen LogP contribution is -2.35. The Morgan fingerprint density at radius 2 is 2.15 bits per heavy atom. The number of hydrazine groups is 1. The van der Waals surface area contributed by atoms with Gasteiger partial charge in [0, 0.05) is 13.1 Å². The van der Waals surface area contributed by atoms with Crippen LogP contribution in [0.5, 0.6) is 0 Å². The quantitative estimate of drug-likeness (QED) is 0.425. The van der Waals surface area contributed by atoms with Crippen LogP contribution in [-0.4, -0.2) is 18.2 Å². The molecular formula is C15H23N3O2. The molecule has 1 aromatic rings. The minimum Gasteiger partial charge on any atom is -0.443 e. The van der Waals surface area contributed by atoms with Gasteiger partial charge >= 0.3 is 6.09 Å². The van der Waals surface area contributed by atoms with Crippen LogP contribution < -0.4 is 16.2 Å². The second kappa shape index (κ2) is 7.55. The lowest BCUT2D eigenvalue weighted by atomic mass is 10.2. The Bertz CT molecular complexity index is 453. The van der Waals surface area contributed by atoms with Gasteiger partial charge in [-0.05, 0) is 38.5 Å². The monoisotopic (exact) mass is 277 g/mol. The maximum atomic E-state index is 11.5. The molecule has 1 rings (SSSR count). The second-order valence-corrected chi connectivity index (χ2v) is 5.37. The van der Waals surface area contributed by atoms with E-state index in [1.54, 1.807) is 0 Å². The van der Waals surface area contributed by atoms with Crippen molar-refractivity contribution >= 4 is 11.8 Å². The van der Waals surface area contributed by atoms with Gasteiger partial charge in [-0.15, -0.1) is 6.58 Å². The standard InChI is InChI=1S/C15H23N3O2/c1-5-9-16-11-12-7-6-8-13(10-12)17-18-14(19)20-15(2,3)4/h5-8,10,16-17H,1,9,11H2,2-4H3,(H,18,19). The van der Waals surface area contributed by atoms with Gasteiger partial charge in [0.1, 0.15) is 5.60 Å². The largest absolute Gasteiger partial charge is 0.443 e. The summed E-state index contributed by atoms with van der Waals surface area (Å²) in [6.07, 6.45) is 1.30.